The van der Waals surface area contributed by atoms with E-state index in [2.05, 4.69) is 33.2 Å². The second kappa shape index (κ2) is 8.07. The molecule has 0 unspecified atom stereocenters. The van der Waals surface area contributed by atoms with Crippen LogP contribution in [0.5, 0.6) is 0 Å². The normalized spacial score (nSPS) is 10.1. The first-order valence-electron chi connectivity index (χ1n) is 5.12. The fourth-order valence-electron chi connectivity index (χ4n) is 1.18. The number of nitrogens with one attached hydrogen (secondary N) is 2. The van der Waals surface area contributed by atoms with Crippen LogP contribution in [0.15, 0.2) is 18.2 Å². The van der Waals surface area contributed by atoms with E-state index in [-0.39, 0.29) is 0 Å². The van der Waals surface area contributed by atoms with Crippen LogP contribution >= 0.6 is 46.4 Å². The van der Waals surface area contributed by atoms with Gasteiger partial charge in [0.2, 0.25) is 0 Å². The molecule has 1 rings (SSSR count). The molecule has 0 atom stereocenters. The lowest BCUT2D eigenvalue weighted by atomic mass is 10.3. The summed E-state index contributed by atoms with van der Waals surface area (Å²) in [5.41, 5.74) is 0.958. The summed E-state index contributed by atoms with van der Waals surface area (Å²) in [6, 6.07) is 5.63. The van der Waals surface area contributed by atoms with Gasteiger partial charge in [-0.2, -0.15) is 0 Å². The Hall–Kier alpha value is -0.110. The Labute approximate surface area is 125 Å². The molecule has 0 amide bonds. The number of anilines is 1. The number of methoxy groups -OCH3 is 1. The van der Waals surface area contributed by atoms with E-state index in [4.69, 9.17) is 28.6 Å². The van der Waals surface area contributed by atoms with Crippen molar-refractivity contribution in [2.75, 3.05) is 25.6 Å². The van der Waals surface area contributed by atoms with Crippen LogP contribution in [0.4, 0.5) is 5.69 Å². The number of hydrogen-bond donors (Lipinski definition) is 2. The third-order valence-electron chi connectivity index (χ3n) is 1.99. The lowest BCUT2D eigenvalue weighted by Gasteiger charge is -2.11. The Balaban J connectivity index is 2.40. The molecule has 1 aromatic carbocycles. The summed E-state index contributed by atoms with van der Waals surface area (Å²) in [6.07, 6.45) is 0.927. The van der Waals surface area contributed by atoms with Crippen LogP contribution in [0.1, 0.15) is 6.42 Å². The maximum Gasteiger partial charge on any atom is 0.170 e. The molecule has 0 aliphatic carbocycles. The van der Waals surface area contributed by atoms with Crippen molar-refractivity contribution < 1.29 is 4.74 Å². The van der Waals surface area contributed by atoms with Crippen molar-refractivity contribution in [3.05, 3.63) is 26.8 Å². The molecule has 3 nitrogen and oxygen atoms in total. The summed E-state index contributed by atoms with van der Waals surface area (Å²) < 4.78 is 5.99. The van der Waals surface area contributed by atoms with E-state index in [0.717, 1.165) is 33.9 Å². The molecular formula is C11H14ClIN2OS. The molecule has 94 valence electrons. The number of rotatable bonds is 5. The molecule has 2 N–H and O–H groups in total. The minimum Gasteiger partial charge on any atom is -0.385 e. The zero-order valence-electron chi connectivity index (χ0n) is 9.43. The standard InChI is InChI=1S/C11H14ClIN2OS/c1-16-6-2-5-14-11(17)15-10-4-3-8(12)7-9(10)13/h3-4,7H,2,5-6H2,1H3,(H2,14,15,17). The quantitative estimate of drug-likeness (QED) is 0.464. The third-order valence-corrected chi connectivity index (χ3v) is 3.36. The molecule has 0 fully saturated rings. The first-order valence-corrected chi connectivity index (χ1v) is 6.99. The van der Waals surface area contributed by atoms with E-state index in [0.29, 0.717) is 5.11 Å². The first-order chi connectivity index (χ1) is 8.13. The molecule has 0 aliphatic rings. The Morgan fingerprint density at radius 1 is 1.53 bits per heavy atom. The molecular weight excluding hydrogens is 371 g/mol. The Morgan fingerprint density at radius 3 is 2.94 bits per heavy atom. The lowest BCUT2D eigenvalue weighted by Crippen LogP contribution is -2.30. The number of ether oxygens (including phenoxy) is 1. The highest BCUT2D eigenvalue weighted by Gasteiger charge is 2.02. The summed E-state index contributed by atoms with van der Waals surface area (Å²) in [6.45, 7) is 1.53. The van der Waals surface area contributed by atoms with Gasteiger partial charge in [-0.05, 0) is 59.4 Å². The van der Waals surface area contributed by atoms with Crippen LogP contribution in [0.3, 0.4) is 0 Å². The lowest BCUT2D eigenvalue weighted by molar-refractivity contribution is 0.196. The number of hydrogen-bond acceptors (Lipinski definition) is 2. The third kappa shape index (κ3) is 5.85. The molecule has 17 heavy (non-hydrogen) atoms. The molecule has 0 saturated heterocycles. The summed E-state index contributed by atoms with van der Waals surface area (Å²) >= 11 is 13.3. The molecule has 1 aromatic rings. The highest BCUT2D eigenvalue weighted by molar-refractivity contribution is 14.1. The van der Waals surface area contributed by atoms with Crippen molar-refractivity contribution in [1.82, 2.24) is 5.32 Å². The zero-order valence-corrected chi connectivity index (χ0v) is 13.2. The van der Waals surface area contributed by atoms with Crippen LogP contribution in [-0.4, -0.2) is 25.4 Å². The highest BCUT2D eigenvalue weighted by atomic mass is 127. The number of halogens is 2. The van der Waals surface area contributed by atoms with Crippen LogP contribution in [0, 0.1) is 3.57 Å². The van der Waals surface area contributed by atoms with Gasteiger partial charge in [0.15, 0.2) is 5.11 Å². The second-order valence-electron chi connectivity index (χ2n) is 3.35. The van der Waals surface area contributed by atoms with Crippen molar-refractivity contribution >= 4 is 57.2 Å². The van der Waals surface area contributed by atoms with Gasteiger partial charge in [0.05, 0.1) is 5.69 Å². The average Bonchev–Trinajstić information content (AvgIpc) is 2.28. The van der Waals surface area contributed by atoms with Gasteiger partial charge in [-0.1, -0.05) is 11.6 Å². The van der Waals surface area contributed by atoms with Crippen molar-refractivity contribution in [3.8, 4) is 0 Å². The van der Waals surface area contributed by atoms with E-state index >= 15 is 0 Å². The Kier molecular flexibility index (Phi) is 7.10. The average molecular weight is 385 g/mol. The molecule has 0 heterocycles. The predicted molar refractivity (Wildman–Crippen MR) is 84.9 cm³/mol. The summed E-state index contributed by atoms with van der Waals surface area (Å²) in [5.74, 6) is 0. The predicted octanol–water partition coefficient (Wildman–Crippen LogP) is 3.27. The Morgan fingerprint density at radius 2 is 2.29 bits per heavy atom. The van der Waals surface area contributed by atoms with Crippen LogP contribution < -0.4 is 10.6 Å². The van der Waals surface area contributed by atoms with Crippen molar-refractivity contribution in [3.63, 3.8) is 0 Å². The first kappa shape index (κ1) is 14.9. The van der Waals surface area contributed by atoms with Crippen molar-refractivity contribution in [2.45, 2.75) is 6.42 Å². The fraction of sp³-hybridized carbons (Fsp3) is 0.364. The monoisotopic (exact) mass is 384 g/mol. The summed E-state index contributed by atoms with van der Waals surface area (Å²) in [5, 5.41) is 7.57. The number of thiocarbonyl (C=S) groups is 1. The Bertz CT molecular complexity index is 390. The van der Waals surface area contributed by atoms with E-state index in [1.54, 1.807) is 7.11 Å². The number of benzene rings is 1. The van der Waals surface area contributed by atoms with E-state index in [1.165, 1.54) is 0 Å². The molecule has 0 aliphatic heterocycles. The molecule has 0 radical (unpaired) electrons. The maximum absolute atomic E-state index is 5.88. The topological polar surface area (TPSA) is 33.3 Å². The summed E-state index contributed by atoms with van der Waals surface area (Å²) in [7, 11) is 1.69. The molecule has 0 aromatic heterocycles. The second-order valence-corrected chi connectivity index (χ2v) is 5.36. The maximum atomic E-state index is 5.88. The van der Waals surface area contributed by atoms with Gasteiger partial charge in [-0.15, -0.1) is 0 Å². The van der Waals surface area contributed by atoms with Gasteiger partial charge in [0, 0.05) is 28.9 Å². The molecule has 0 spiro atoms. The van der Waals surface area contributed by atoms with Gasteiger partial charge in [-0.3, -0.25) is 0 Å². The fourth-order valence-corrected chi connectivity index (χ4v) is 2.39. The SMILES string of the molecule is COCCCNC(=S)Nc1ccc(Cl)cc1I. The smallest absolute Gasteiger partial charge is 0.170 e. The van der Waals surface area contributed by atoms with Gasteiger partial charge in [0.1, 0.15) is 0 Å². The van der Waals surface area contributed by atoms with E-state index in [1.807, 2.05) is 18.2 Å². The minimum atomic E-state index is 0.612. The van der Waals surface area contributed by atoms with E-state index in [9.17, 15) is 0 Å². The van der Waals surface area contributed by atoms with Crippen molar-refractivity contribution in [2.24, 2.45) is 0 Å². The van der Waals surface area contributed by atoms with Gasteiger partial charge in [0.25, 0.3) is 0 Å². The highest BCUT2D eigenvalue weighted by Crippen LogP contribution is 2.22. The van der Waals surface area contributed by atoms with Gasteiger partial charge in [-0.25, -0.2) is 0 Å². The van der Waals surface area contributed by atoms with Crippen LogP contribution in [-0.2, 0) is 4.74 Å². The summed E-state index contributed by atoms with van der Waals surface area (Å²) in [4.78, 5) is 0. The molecule has 0 saturated carbocycles. The molecule has 0 bridgehead atoms. The van der Waals surface area contributed by atoms with Gasteiger partial charge >= 0.3 is 0 Å². The minimum absolute atomic E-state index is 0.612. The molecule has 6 heteroatoms. The zero-order chi connectivity index (χ0) is 12.7. The van der Waals surface area contributed by atoms with Crippen molar-refractivity contribution in [1.29, 1.82) is 0 Å². The largest absolute Gasteiger partial charge is 0.385 e. The van der Waals surface area contributed by atoms with Gasteiger partial charge < -0.3 is 15.4 Å². The van der Waals surface area contributed by atoms with Crippen LogP contribution in [0.2, 0.25) is 5.02 Å². The van der Waals surface area contributed by atoms with Crippen LogP contribution in [0.25, 0.3) is 0 Å². The van der Waals surface area contributed by atoms with E-state index < -0.39 is 0 Å².